The fourth-order valence-electron chi connectivity index (χ4n) is 3.22. The van der Waals surface area contributed by atoms with E-state index in [2.05, 4.69) is 30.5 Å². The monoisotopic (exact) mass is 346 g/mol. The summed E-state index contributed by atoms with van der Waals surface area (Å²) in [6, 6.07) is 7.79. The molecule has 1 aromatic carbocycles. The molecule has 0 spiro atoms. The molecule has 1 aliphatic rings. The van der Waals surface area contributed by atoms with E-state index >= 15 is 0 Å². The number of carbonyl (C=O) groups excluding carboxylic acids is 1. The maximum absolute atomic E-state index is 12.1. The van der Waals surface area contributed by atoms with Crippen LogP contribution in [0.4, 0.5) is 17.1 Å². The minimum atomic E-state index is -0.185. The molecule has 2 N–H and O–H groups in total. The predicted octanol–water partition coefficient (Wildman–Crippen LogP) is 2.59. The zero-order valence-electron chi connectivity index (χ0n) is 14.5. The zero-order chi connectivity index (χ0) is 18.1. The first-order valence-corrected chi connectivity index (χ1v) is 8.26. The van der Waals surface area contributed by atoms with E-state index in [0.717, 1.165) is 28.3 Å². The molecule has 0 atom stereocenters. The lowest BCUT2D eigenvalue weighted by molar-refractivity contribution is 0.0963. The van der Waals surface area contributed by atoms with Gasteiger partial charge in [-0.3, -0.25) is 19.7 Å². The molecule has 130 valence electrons. The van der Waals surface area contributed by atoms with E-state index in [1.807, 2.05) is 25.2 Å². The van der Waals surface area contributed by atoms with Gasteiger partial charge in [-0.15, -0.1) is 0 Å². The van der Waals surface area contributed by atoms with Crippen LogP contribution in [0.3, 0.4) is 0 Å². The first-order valence-electron chi connectivity index (χ1n) is 8.26. The average molecular weight is 346 g/mol. The summed E-state index contributed by atoms with van der Waals surface area (Å²) in [6.07, 6.45) is 6.64. The first kappa shape index (κ1) is 16.0. The Morgan fingerprint density at radius 2 is 1.96 bits per heavy atom. The van der Waals surface area contributed by atoms with Gasteiger partial charge in [-0.05, 0) is 12.1 Å². The molecular formula is C19H18N6O. The molecule has 0 bridgehead atoms. The Morgan fingerprint density at radius 3 is 2.81 bits per heavy atom. The third kappa shape index (κ3) is 2.63. The molecule has 0 fully saturated rings. The van der Waals surface area contributed by atoms with Gasteiger partial charge in [0.1, 0.15) is 0 Å². The van der Waals surface area contributed by atoms with Crippen LogP contribution in [-0.2, 0) is 6.54 Å². The summed E-state index contributed by atoms with van der Waals surface area (Å²) in [4.78, 5) is 27.3. The third-order valence-electron chi connectivity index (χ3n) is 4.40. The van der Waals surface area contributed by atoms with Crippen molar-refractivity contribution in [3.8, 4) is 11.3 Å². The van der Waals surface area contributed by atoms with E-state index in [9.17, 15) is 4.79 Å². The number of amides is 1. The first-order chi connectivity index (χ1) is 12.7. The highest BCUT2D eigenvalue weighted by atomic mass is 16.1. The van der Waals surface area contributed by atoms with Gasteiger partial charge in [0.15, 0.2) is 0 Å². The van der Waals surface area contributed by atoms with Crippen molar-refractivity contribution in [2.75, 3.05) is 24.3 Å². The van der Waals surface area contributed by atoms with Crippen molar-refractivity contribution in [1.82, 2.24) is 20.3 Å². The fraction of sp³-hybridized carbons (Fsp3) is 0.158. The van der Waals surface area contributed by atoms with Gasteiger partial charge in [-0.1, -0.05) is 12.1 Å². The number of nitrogens with zero attached hydrogens (tertiary/aromatic N) is 4. The summed E-state index contributed by atoms with van der Waals surface area (Å²) < 4.78 is 0. The van der Waals surface area contributed by atoms with E-state index in [-0.39, 0.29) is 5.91 Å². The number of hydrogen-bond acceptors (Lipinski definition) is 6. The molecule has 26 heavy (non-hydrogen) atoms. The van der Waals surface area contributed by atoms with Gasteiger partial charge in [0.25, 0.3) is 5.91 Å². The number of aromatic nitrogens is 3. The van der Waals surface area contributed by atoms with Crippen molar-refractivity contribution in [2.45, 2.75) is 6.54 Å². The molecule has 0 saturated carbocycles. The lowest BCUT2D eigenvalue weighted by Crippen LogP contribution is -2.24. The van der Waals surface area contributed by atoms with E-state index in [4.69, 9.17) is 0 Å². The summed E-state index contributed by atoms with van der Waals surface area (Å²) in [5.74, 6) is -0.185. The van der Waals surface area contributed by atoms with Crippen molar-refractivity contribution in [3.05, 3.63) is 60.3 Å². The van der Waals surface area contributed by atoms with Gasteiger partial charge in [-0.2, -0.15) is 0 Å². The number of nitrogens with one attached hydrogen (secondary N) is 2. The number of fused-ring (bicyclic) bond motifs is 3. The van der Waals surface area contributed by atoms with E-state index in [0.29, 0.717) is 17.8 Å². The number of carbonyl (C=O) groups is 1. The van der Waals surface area contributed by atoms with Gasteiger partial charge in [0, 0.05) is 44.4 Å². The number of para-hydroxylation sites is 1. The molecule has 3 heterocycles. The summed E-state index contributed by atoms with van der Waals surface area (Å²) in [7, 11) is 3.63. The highest BCUT2D eigenvalue weighted by molar-refractivity contribution is 6.01. The van der Waals surface area contributed by atoms with E-state index in [1.165, 1.54) is 0 Å². The minimum Gasteiger partial charge on any atom is -0.366 e. The van der Waals surface area contributed by atoms with Gasteiger partial charge >= 0.3 is 0 Å². The highest BCUT2D eigenvalue weighted by Gasteiger charge is 2.24. The Kier molecular flexibility index (Phi) is 3.96. The second kappa shape index (κ2) is 6.44. The summed E-state index contributed by atoms with van der Waals surface area (Å²) >= 11 is 0. The second-order valence-electron chi connectivity index (χ2n) is 6.03. The normalized spacial score (nSPS) is 12.2. The smallest absolute Gasteiger partial charge is 0.254 e. The predicted molar refractivity (Wildman–Crippen MR) is 100 cm³/mol. The maximum atomic E-state index is 12.1. The summed E-state index contributed by atoms with van der Waals surface area (Å²) in [5.41, 5.74) is 5.98. The largest absolute Gasteiger partial charge is 0.366 e. The number of pyridine rings is 1. The minimum absolute atomic E-state index is 0.185. The van der Waals surface area contributed by atoms with E-state index < -0.39 is 0 Å². The summed E-state index contributed by atoms with van der Waals surface area (Å²) in [5, 5.41) is 6.03. The quantitative estimate of drug-likeness (QED) is 0.758. The van der Waals surface area contributed by atoms with E-state index in [1.54, 1.807) is 37.9 Å². The van der Waals surface area contributed by atoms with Gasteiger partial charge < -0.3 is 15.5 Å². The lowest BCUT2D eigenvalue weighted by Gasteiger charge is -2.30. The average Bonchev–Trinajstić information content (AvgIpc) is 2.68. The van der Waals surface area contributed by atoms with Crippen LogP contribution in [0.2, 0.25) is 0 Å². The maximum Gasteiger partial charge on any atom is 0.254 e. The van der Waals surface area contributed by atoms with Crippen molar-refractivity contribution < 1.29 is 4.79 Å². The number of anilines is 3. The molecule has 1 aliphatic heterocycles. The van der Waals surface area contributed by atoms with Crippen molar-refractivity contribution in [2.24, 2.45) is 0 Å². The molecule has 0 aliphatic carbocycles. The Hall–Kier alpha value is -3.48. The van der Waals surface area contributed by atoms with Crippen LogP contribution in [0.1, 0.15) is 16.1 Å². The molecule has 1 amide bonds. The molecule has 0 radical (unpaired) electrons. The zero-order valence-corrected chi connectivity index (χ0v) is 14.5. The lowest BCUT2D eigenvalue weighted by atomic mass is 10.0. The Morgan fingerprint density at radius 1 is 1.12 bits per heavy atom. The van der Waals surface area contributed by atoms with Crippen molar-refractivity contribution >= 4 is 23.0 Å². The molecule has 7 heteroatoms. The fourth-order valence-corrected chi connectivity index (χ4v) is 3.22. The molecule has 0 saturated heterocycles. The van der Waals surface area contributed by atoms with Gasteiger partial charge in [0.05, 0.1) is 40.6 Å². The second-order valence-corrected chi connectivity index (χ2v) is 6.03. The van der Waals surface area contributed by atoms with Gasteiger partial charge in [-0.25, -0.2) is 0 Å². The standard InChI is InChI=1S/C19H18N6O/c1-20-19(26)13-10-21-7-6-14(13)24-15-5-3-4-12-17-16(22-8-9-23-17)11-25(2)18(12)15/h3-10H,11H2,1-2H3,(H,20,26)(H,21,24). The Balaban J connectivity index is 1.81. The number of hydrogen-bond donors (Lipinski definition) is 2. The van der Waals surface area contributed by atoms with Gasteiger partial charge in [0.2, 0.25) is 0 Å². The third-order valence-corrected chi connectivity index (χ3v) is 4.40. The van der Waals surface area contributed by atoms with Crippen LogP contribution < -0.4 is 15.5 Å². The van der Waals surface area contributed by atoms with Crippen molar-refractivity contribution in [1.29, 1.82) is 0 Å². The Labute approximate surface area is 151 Å². The van der Waals surface area contributed by atoms with Crippen LogP contribution in [0, 0.1) is 0 Å². The van der Waals surface area contributed by atoms with Crippen LogP contribution >= 0.6 is 0 Å². The Bertz CT molecular complexity index is 987. The molecule has 4 rings (SSSR count). The molecule has 3 aromatic rings. The molecule has 7 nitrogen and oxygen atoms in total. The molecular weight excluding hydrogens is 328 g/mol. The van der Waals surface area contributed by atoms with Crippen LogP contribution in [-0.4, -0.2) is 35.0 Å². The van der Waals surface area contributed by atoms with Crippen molar-refractivity contribution in [3.63, 3.8) is 0 Å². The highest BCUT2D eigenvalue weighted by Crippen LogP contribution is 2.42. The van der Waals surface area contributed by atoms with Crippen LogP contribution in [0.5, 0.6) is 0 Å². The SMILES string of the molecule is CNC(=O)c1cnccc1Nc1cccc2c1N(C)Cc1nccnc1-2. The number of benzene rings is 1. The van der Waals surface area contributed by atoms with Crippen LogP contribution in [0.15, 0.2) is 49.1 Å². The molecule has 2 aromatic heterocycles. The van der Waals surface area contributed by atoms with Crippen LogP contribution in [0.25, 0.3) is 11.3 Å². The molecule has 0 unspecified atom stereocenters. The number of rotatable bonds is 3. The topological polar surface area (TPSA) is 83.0 Å². The summed E-state index contributed by atoms with van der Waals surface area (Å²) in [6.45, 7) is 0.674.